The Bertz CT molecular complexity index is 1990. The van der Waals surface area contributed by atoms with Gasteiger partial charge in [0.15, 0.2) is 10.3 Å². The quantitative estimate of drug-likeness (QED) is 0.0533. The van der Waals surface area contributed by atoms with E-state index in [9.17, 15) is 24.0 Å². The SMILES string of the molecule is Cc1ccc(NC(=O)Nc2ncc(CCNC(=O)NCC(=O)O)s2)c(OCC(C)C)c1.Cc1ccc(NC(=O)Nc2ncc(CCNC(N)=O)s2)c(OCC(C)C)c1. The zero-order chi connectivity index (χ0) is 42.6. The molecule has 0 radical (unpaired) electrons. The maximum atomic E-state index is 12.4. The number of amides is 8. The van der Waals surface area contributed by atoms with Gasteiger partial charge in [0, 0.05) is 48.1 Å². The molecule has 0 saturated carbocycles. The molecular weight excluding hydrogens is 789 g/mol. The van der Waals surface area contributed by atoms with Crippen LogP contribution in [-0.4, -0.2) is 78.0 Å². The monoisotopic (exact) mass is 840 g/mol. The minimum atomic E-state index is -1.11. The molecule has 20 heteroatoms. The van der Waals surface area contributed by atoms with Crippen LogP contribution in [0.3, 0.4) is 0 Å². The van der Waals surface area contributed by atoms with Crippen LogP contribution >= 0.6 is 22.7 Å². The van der Waals surface area contributed by atoms with Crippen molar-refractivity contribution < 1.29 is 38.6 Å². The van der Waals surface area contributed by atoms with E-state index in [0.717, 1.165) is 20.9 Å². The number of hydrogen-bond acceptors (Lipinski definition) is 11. The van der Waals surface area contributed by atoms with Crippen molar-refractivity contribution in [3.05, 3.63) is 69.7 Å². The number of carboxylic acid groups (broad SMARTS) is 1. The van der Waals surface area contributed by atoms with E-state index in [-0.39, 0.29) is 0 Å². The lowest BCUT2D eigenvalue weighted by molar-refractivity contribution is -0.135. The summed E-state index contributed by atoms with van der Waals surface area (Å²) in [6.07, 6.45) is 4.36. The zero-order valence-corrected chi connectivity index (χ0v) is 34.9. The molecule has 2 aromatic heterocycles. The van der Waals surface area contributed by atoms with E-state index < -0.39 is 36.6 Å². The molecule has 0 atom stereocenters. The molecule has 4 aromatic rings. The molecule has 0 unspecified atom stereocenters. The number of carboxylic acids is 1. The average Bonchev–Trinajstić information content (AvgIpc) is 3.79. The van der Waals surface area contributed by atoms with Crippen molar-refractivity contribution >= 4 is 74.4 Å². The summed E-state index contributed by atoms with van der Waals surface area (Å²) >= 11 is 2.62. The summed E-state index contributed by atoms with van der Waals surface area (Å²) < 4.78 is 11.6. The highest BCUT2D eigenvalue weighted by molar-refractivity contribution is 7.16. The molecular formula is C38H52N10O8S2. The number of carbonyl (C=O) groups excluding carboxylic acids is 4. The first-order valence-electron chi connectivity index (χ1n) is 18.3. The van der Waals surface area contributed by atoms with Gasteiger partial charge in [0.1, 0.15) is 18.0 Å². The Labute approximate surface area is 345 Å². The van der Waals surface area contributed by atoms with Crippen molar-refractivity contribution in [2.75, 3.05) is 54.1 Å². The Balaban J connectivity index is 0.000000313. The van der Waals surface area contributed by atoms with Gasteiger partial charge in [-0.15, -0.1) is 22.7 Å². The third-order valence-electron chi connectivity index (χ3n) is 7.19. The largest absolute Gasteiger partial charge is 0.491 e. The fraction of sp³-hybridized carbons (Fsp3) is 0.395. The first-order chi connectivity index (χ1) is 27.6. The van der Waals surface area contributed by atoms with Gasteiger partial charge in [-0.25, -0.2) is 29.1 Å². The summed E-state index contributed by atoms with van der Waals surface area (Å²) in [5.74, 6) is 0.863. The number of anilines is 4. The molecule has 0 aliphatic rings. The van der Waals surface area contributed by atoms with Gasteiger partial charge >= 0.3 is 30.1 Å². The second kappa shape index (κ2) is 23.8. The number of aryl methyl sites for hydroxylation is 2. The third kappa shape index (κ3) is 18.2. The Morgan fingerprint density at radius 1 is 0.672 bits per heavy atom. The molecule has 58 heavy (non-hydrogen) atoms. The molecule has 2 aromatic carbocycles. The molecule has 314 valence electrons. The van der Waals surface area contributed by atoms with Crippen molar-refractivity contribution in [3.63, 3.8) is 0 Å². The van der Waals surface area contributed by atoms with Crippen LogP contribution in [-0.2, 0) is 17.6 Å². The number of hydrogen-bond donors (Lipinski definition) is 9. The number of carbonyl (C=O) groups is 5. The Morgan fingerprint density at radius 3 is 1.53 bits per heavy atom. The van der Waals surface area contributed by atoms with E-state index in [1.54, 1.807) is 18.5 Å². The molecule has 8 amide bonds. The minimum absolute atomic E-state index is 0.305. The number of nitrogens with zero attached hydrogens (tertiary/aromatic N) is 2. The standard InChI is InChI=1S/C20H27N5O5S.C18H25N5O3S/c1-12(2)11-30-16-8-13(3)4-5-15(16)24-19(29)25-20-23-9-14(31-20)6-7-21-18(28)22-10-17(26)27;1-11(2)10-26-15-8-12(3)4-5-14(15)22-17(25)23-18-21-9-13(27-18)6-7-20-16(19)24/h4-5,8-9,12H,6-7,10-11H2,1-3H3,(H,26,27)(H2,21,22,28)(H2,23,24,25,29);4-5,8-9,11H,6-7,10H2,1-3H3,(H3,19,20,24)(H2,21,22,23,25). The molecule has 18 nitrogen and oxygen atoms in total. The predicted octanol–water partition coefficient (Wildman–Crippen LogP) is 6.40. The van der Waals surface area contributed by atoms with E-state index >= 15 is 0 Å². The summed E-state index contributed by atoms with van der Waals surface area (Å²) in [7, 11) is 0. The molecule has 0 fully saturated rings. The van der Waals surface area contributed by atoms with Crippen LogP contribution in [0.5, 0.6) is 11.5 Å². The molecule has 0 bridgehead atoms. The Kier molecular flexibility index (Phi) is 19.0. The van der Waals surface area contributed by atoms with Crippen LogP contribution in [0.15, 0.2) is 48.8 Å². The van der Waals surface area contributed by atoms with Gasteiger partial charge in [-0.05, 0) is 61.1 Å². The smallest absolute Gasteiger partial charge is 0.325 e. The number of aliphatic carboxylic acids is 1. The summed E-state index contributed by atoms with van der Waals surface area (Å²) in [5, 5.41) is 27.6. The number of ether oxygens (including phenoxy) is 2. The molecule has 0 spiro atoms. The number of urea groups is 4. The van der Waals surface area contributed by atoms with Crippen molar-refractivity contribution in [2.24, 2.45) is 17.6 Å². The summed E-state index contributed by atoms with van der Waals surface area (Å²) in [5.41, 5.74) is 8.26. The highest BCUT2D eigenvalue weighted by Gasteiger charge is 2.14. The van der Waals surface area contributed by atoms with Gasteiger partial charge in [-0.2, -0.15) is 0 Å². The number of rotatable bonds is 18. The van der Waals surface area contributed by atoms with Crippen LogP contribution in [0.1, 0.15) is 48.6 Å². The number of aromatic nitrogens is 2. The number of nitrogens with two attached hydrogens (primary N) is 1. The topological polar surface area (TPSA) is 260 Å². The van der Waals surface area contributed by atoms with E-state index in [1.165, 1.54) is 22.7 Å². The van der Waals surface area contributed by atoms with Gasteiger partial charge in [-0.1, -0.05) is 39.8 Å². The maximum absolute atomic E-state index is 12.4. The predicted molar refractivity (Wildman–Crippen MR) is 227 cm³/mol. The molecule has 0 aliphatic carbocycles. The first-order valence-corrected chi connectivity index (χ1v) is 20.0. The first kappa shape index (κ1) is 46.2. The number of nitrogens with one attached hydrogen (secondary N) is 7. The van der Waals surface area contributed by atoms with Crippen LogP contribution in [0.25, 0.3) is 0 Å². The summed E-state index contributed by atoms with van der Waals surface area (Å²) in [4.78, 5) is 67.3. The van der Waals surface area contributed by atoms with Gasteiger partial charge in [0.25, 0.3) is 0 Å². The maximum Gasteiger partial charge on any atom is 0.325 e. The second-order valence-electron chi connectivity index (χ2n) is 13.6. The van der Waals surface area contributed by atoms with Crippen molar-refractivity contribution in [2.45, 2.75) is 54.4 Å². The van der Waals surface area contributed by atoms with Crippen molar-refractivity contribution in [1.82, 2.24) is 25.9 Å². The van der Waals surface area contributed by atoms with E-state index in [4.69, 9.17) is 20.3 Å². The van der Waals surface area contributed by atoms with Crippen LogP contribution in [0.4, 0.5) is 40.8 Å². The lowest BCUT2D eigenvalue weighted by atomic mass is 10.2. The molecule has 2 heterocycles. The van der Waals surface area contributed by atoms with Crippen molar-refractivity contribution in [3.8, 4) is 11.5 Å². The summed E-state index contributed by atoms with van der Waals surface area (Å²) in [6, 6.07) is 9.21. The molecule has 4 rings (SSSR count). The van der Waals surface area contributed by atoms with Gasteiger partial charge < -0.3 is 46.9 Å². The second-order valence-corrected chi connectivity index (χ2v) is 15.9. The highest BCUT2D eigenvalue weighted by atomic mass is 32.1. The Hall–Kier alpha value is -6.15. The van der Waals surface area contributed by atoms with Gasteiger partial charge in [-0.3, -0.25) is 15.4 Å². The van der Waals surface area contributed by atoms with E-state index in [0.29, 0.717) is 84.1 Å². The third-order valence-corrected chi connectivity index (χ3v) is 9.14. The number of thiazole rings is 2. The number of benzene rings is 2. The van der Waals surface area contributed by atoms with Crippen molar-refractivity contribution in [1.29, 1.82) is 0 Å². The van der Waals surface area contributed by atoms with Crippen LogP contribution in [0.2, 0.25) is 0 Å². The van der Waals surface area contributed by atoms with Crippen LogP contribution < -0.4 is 52.4 Å². The van der Waals surface area contributed by atoms with Gasteiger partial charge in [0.2, 0.25) is 0 Å². The van der Waals surface area contributed by atoms with E-state index in [1.807, 2.05) is 58.0 Å². The number of primary amides is 1. The zero-order valence-electron chi connectivity index (χ0n) is 33.3. The fourth-order valence-electron chi connectivity index (χ4n) is 4.51. The molecule has 0 aliphatic heterocycles. The molecule has 10 N–H and O–H groups in total. The van der Waals surface area contributed by atoms with E-state index in [2.05, 4.69) is 61.0 Å². The Morgan fingerprint density at radius 2 is 1.12 bits per heavy atom. The van der Waals surface area contributed by atoms with Crippen LogP contribution in [0, 0.1) is 25.7 Å². The molecule has 0 saturated heterocycles. The minimum Gasteiger partial charge on any atom is -0.491 e. The summed E-state index contributed by atoms with van der Waals surface area (Å²) in [6.45, 7) is 13.5. The lowest BCUT2D eigenvalue weighted by Crippen LogP contribution is -2.39. The lowest BCUT2D eigenvalue weighted by Gasteiger charge is -2.14. The fourth-order valence-corrected chi connectivity index (χ4v) is 6.12. The van der Waals surface area contributed by atoms with Gasteiger partial charge in [0.05, 0.1) is 24.6 Å². The average molecular weight is 841 g/mol. The normalized spacial score (nSPS) is 10.5. The highest BCUT2D eigenvalue weighted by Crippen LogP contribution is 2.28.